The zero-order chi connectivity index (χ0) is 17.7. The van der Waals surface area contributed by atoms with Gasteiger partial charge in [-0.3, -0.25) is 4.79 Å². The Morgan fingerprint density at radius 3 is 2.29 bits per heavy atom. The van der Waals surface area contributed by atoms with E-state index in [9.17, 15) is 18.0 Å². The Hall–Kier alpha value is -1.93. The highest BCUT2D eigenvalue weighted by molar-refractivity contribution is 7.89. The van der Waals surface area contributed by atoms with Gasteiger partial charge in [0.1, 0.15) is 0 Å². The molecular weight excluding hydrogens is 332 g/mol. The summed E-state index contributed by atoms with van der Waals surface area (Å²) in [5, 5.41) is 0. The second kappa shape index (κ2) is 7.76. The number of nitrogens with zero attached hydrogens (tertiary/aromatic N) is 1. The number of sulfonamides is 1. The number of carbonyl (C=O) groups excluding carboxylic acids is 2. The predicted octanol–water partition coefficient (Wildman–Crippen LogP) is 1.28. The summed E-state index contributed by atoms with van der Waals surface area (Å²) in [5.74, 6) is -1.48. The first kappa shape index (κ1) is 18.4. The largest absolute Gasteiger partial charge is 0.452 e. The smallest absolute Gasteiger partial charge is 0.338 e. The van der Waals surface area contributed by atoms with Crippen molar-refractivity contribution in [3.63, 3.8) is 0 Å². The fraction of sp³-hybridized carbons (Fsp3) is 0.500. The minimum Gasteiger partial charge on any atom is -0.452 e. The maximum atomic E-state index is 12.7. The summed E-state index contributed by atoms with van der Waals surface area (Å²) in [5.41, 5.74) is 5.07. The van der Waals surface area contributed by atoms with Gasteiger partial charge in [-0.2, -0.15) is 4.31 Å². The Morgan fingerprint density at radius 1 is 1.17 bits per heavy atom. The van der Waals surface area contributed by atoms with Gasteiger partial charge in [0, 0.05) is 13.1 Å². The Kier molecular flexibility index (Phi) is 5.95. The molecule has 1 aromatic carbocycles. The lowest BCUT2D eigenvalue weighted by Crippen LogP contribution is -2.38. The fourth-order valence-electron chi connectivity index (χ4n) is 2.79. The van der Waals surface area contributed by atoms with Gasteiger partial charge in [-0.05, 0) is 37.1 Å². The number of carbonyl (C=O) groups is 2. The van der Waals surface area contributed by atoms with Gasteiger partial charge in [0.2, 0.25) is 10.0 Å². The quantitative estimate of drug-likeness (QED) is 0.775. The molecule has 7 nitrogen and oxygen atoms in total. The number of nitrogens with two attached hydrogens (primary N) is 1. The molecule has 0 atom stereocenters. The summed E-state index contributed by atoms with van der Waals surface area (Å²) < 4.78 is 31.5. The van der Waals surface area contributed by atoms with Crippen LogP contribution < -0.4 is 5.73 Å². The molecular formula is C16H22N2O5S. The van der Waals surface area contributed by atoms with E-state index in [-0.39, 0.29) is 16.5 Å². The first-order valence-corrected chi connectivity index (χ1v) is 9.30. The molecule has 1 saturated carbocycles. The molecule has 0 aromatic heterocycles. The summed E-state index contributed by atoms with van der Waals surface area (Å²) in [6, 6.07) is 5.49. The van der Waals surface area contributed by atoms with E-state index in [1.165, 1.54) is 28.6 Å². The molecule has 0 spiro atoms. The molecule has 2 N–H and O–H groups in total. The van der Waals surface area contributed by atoms with Gasteiger partial charge >= 0.3 is 5.97 Å². The molecule has 0 unspecified atom stereocenters. The van der Waals surface area contributed by atoms with Crippen molar-refractivity contribution in [2.75, 3.05) is 13.7 Å². The monoisotopic (exact) mass is 354 g/mol. The normalized spacial score (nSPS) is 16.1. The van der Waals surface area contributed by atoms with E-state index >= 15 is 0 Å². The first-order chi connectivity index (χ1) is 11.3. The molecule has 1 fully saturated rings. The van der Waals surface area contributed by atoms with Crippen LogP contribution in [0.1, 0.15) is 42.5 Å². The lowest BCUT2D eigenvalue weighted by molar-refractivity contribution is -0.121. The number of ether oxygens (including phenoxy) is 1. The Labute approximate surface area is 141 Å². The highest BCUT2D eigenvalue weighted by Gasteiger charge is 2.29. The molecule has 0 heterocycles. The number of hydrogen-bond donors (Lipinski definition) is 1. The summed E-state index contributed by atoms with van der Waals surface area (Å²) in [6.07, 6.45) is 4.96. The van der Waals surface area contributed by atoms with E-state index in [0.717, 1.165) is 32.1 Å². The van der Waals surface area contributed by atoms with Crippen molar-refractivity contribution in [1.82, 2.24) is 4.31 Å². The van der Waals surface area contributed by atoms with Gasteiger partial charge in [-0.25, -0.2) is 13.2 Å². The van der Waals surface area contributed by atoms with E-state index < -0.39 is 28.5 Å². The SMILES string of the molecule is CN(C1CCCCC1)S(=O)(=O)c1ccc(C(=O)OCC(N)=O)cc1. The van der Waals surface area contributed by atoms with Gasteiger partial charge in [-0.1, -0.05) is 19.3 Å². The lowest BCUT2D eigenvalue weighted by atomic mass is 9.96. The molecule has 1 amide bonds. The van der Waals surface area contributed by atoms with Crippen molar-refractivity contribution in [2.45, 2.75) is 43.0 Å². The van der Waals surface area contributed by atoms with Crippen LogP contribution in [0.25, 0.3) is 0 Å². The predicted molar refractivity (Wildman–Crippen MR) is 87.7 cm³/mol. The minimum atomic E-state index is -3.60. The van der Waals surface area contributed by atoms with Crippen molar-refractivity contribution in [2.24, 2.45) is 5.73 Å². The first-order valence-electron chi connectivity index (χ1n) is 7.86. The van der Waals surface area contributed by atoms with Crippen LogP contribution in [0.5, 0.6) is 0 Å². The third kappa shape index (κ3) is 4.33. The minimum absolute atomic E-state index is 0.0176. The summed E-state index contributed by atoms with van der Waals surface area (Å²) in [4.78, 5) is 22.4. The van der Waals surface area contributed by atoms with Gasteiger partial charge in [0.05, 0.1) is 10.5 Å². The number of benzene rings is 1. The summed E-state index contributed by atoms with van der Waals surface area (Å²) >= 11 is 0. The zero-order valence-electron chi connectivity index (χ0n) is 13.6. The van der Waals surface area contributed by atoms with E-state index in [4.69, 9.17) is 5.73 Å². The summed E-state index contributed by atoms with van der Waals surface area (Å²) in [6.45, 7) is -0.511. The second-order valence-electron chi connectivity index (χ2n) is 5.88. The fourth-order valence-corrected chi connectivity index (χ4v) is 4.21. The molecule has 0 radical (unpaired) electrons. The second-order valence-corrected chi connectivity index (χ2v) is 7.88. The number of hydrogen-bond acceptors (Lipinski definition) is 5. The highest BCUT2D eigenvalue weighted by Crippen LogP contribution is 2.26. The van der Waals surface area contributed by atoms with Crippen LogP contribution in [0, 0.1) is 0 Å². The van der Waals surface area contributed by atoms with Gasteiger partial charge in [-0.15, -0.1) is 0 Å². The van der Waals surface area contributed by atoms with Crippen molar-refractivity contribution in [3.05, 3.63) is 29.8 Å². The number of amides is 1. The van der Waals surface area contributed by atoms with Gasteiger partial charge < -0.3 is 10.5 Å². The highest BCUT2D eigenvalue weighted by atomic mass is 32.2. The Morgan fingerprint density at radius 2 is 1.75 bits per heavy atom. The molecule has 1 aromatic rings. The average Bonchev–Trinajstić information content (AvgIpc) is 2.59. The lowest BCUT2D eigenvalue weighted by Gasteiger charge is -2.30. The third-order valence-corrected chi connectivity index (χ3v) is 6.13. The van der Waals surface area contributed by atoms with Crippen LogP contribution in [0.3, 0.4) is 0 Å². The van der Waals surface area contributed by atoms with Gasteiger partial charge in [0.15, 0.2) is 6.61 Å². The van der Waals surface area contributed by atoms with Crippen LogP contribution >= 0.6 is 0 Å². The van der Waals surface area contributed by atoms with E-state index in [0.29, 0.717) is 0 Å². The van der Waals surface area contributed by atoms with E-state index in [2.05, 4.69) is 4.74 Å². The van der Waals surface area contributed by atoms with Gasteiger partial charge in [0.25, 0.3) is 5.91 Å². The van der Waals surface area contributed by atoms with Crippen LogP contribution in [-0.4, -0.2) is 44.3 Å². The van der Waals surface area contributed by atoms with Crippen LogP contribution in [0.4, 0.5) is 0 Å². The molecule has 2 rings (SSSR count). The van der Waals surface area contributed by atoms with E-state index in [1.54, 1.807) is 7.05 Å². The van der Waals surface area contributed by atoms with Crippen LogP contribution in [0.2, 0.25) is 0 Å². The molecule has 8 heteroatoms. The number of rotatable bonds is 6. The van der Waals surface area contributed by atoms with Crippen LogP contribution in [-0.2, 0) is 19.6 Å². The maximum absolute atomic E-state index is 12.7. The number of esters is 1. The third-order valence-electron chi connectivity index (χ3n) is 4.20. The van der Waals surface area contributed by atoms with Crippen LogP contribution in [0.15, 0.2) is 29.2 Å². The topological polar surface area (TPSA) is 107 Å². The Bertz CT molecular complexity index is 694. The molecule has 1 aliphatic rings. The average molecular weight is 354 g/mol. The number of primary amides is 1. The van der Waals surface area contributed by atoms with E-state index in [1.807, 2.05) is 0 Å². The van der Waals surface area contributed by atoms with Crippen molar-refractivity contribution < 1.29 is 22.7 Å². The molecule has 1 aliphatic carbocycles. The zero-order valence-corrected chi connectivity index (χ0v) is 14.4. The Balaban J connectivity index is 2.10. The standard InChI is InChI=1S/C16H22N2O5S/c1-18(13-5-3-2-4-6-13)24(21,22)14-9-7-12(8-10-14)16(20)23-11-15(17)19/h7-10,13H,2-6,11H2,1H3,(H2,17,19). The molecule has 0 aliphatic heterocycles. The molecule has 0 bridgehead atoms. The summed E-state index contributed by atoms with van der Waals surface area (Å²) in [7, 11) is -2.00. The van der Waals surface area contributed by atoms with Crippen molar-refractivity contribution in [3.8, 4) is 0 Å². The molecule has 132 valence electrons. The molecule has 0 saturated heterocycles. The molecule has 24 heavy (non-hydrogen) atoms. The van der Waals surface area contributed by atoms with Crippen molar-refractivity contribution >= 4 is 21.9 Å². The van der Waals surface area contributed by atoms with Crippen molar-refractivity contribution in [1.29, 1.82) is 0 Å². The maximum Gasteiger partial charge on any atom is 0.338 e.